The second-order valence-corrected chi connectivity index (χ2v) is 10.5. The second kappa shape index (κ2) is 8.76. The Labute approximate surface area is 200 Å². The molecule has 33 heavy (non-hydrogen) atoms. The summed E-state index contributed by atoms with van der Waals surface area (Å²) < 4.78 is 7.21. The number of fused-ring (bicyclic) bond motifs is 2. The molecule has 0 unspecified atom stereocenters. The first-order valence-corrected chi connectivity index (χ1v) is 12.8. The normalized spacial score (nSPS) is 15.4. The van der Waals surface area contributed by atoms with Crippen LogP contribution in [0.5, 0.6) is 0 Å². The Balaban J connectivity index is 1.50. The number of aryl methyl sites for hydroxylation is 1. The molecule has 8 heteroatoms. The smallest absolute Gasteiger partial charge is 0.341 e. The van der Waals surface area contributed by atoms with Crippen molar-refractivity contribution in [2.45, 2.75) is 40.0 Å². The summed E-state index contributed by atoms with van der Waals surface area (Å²) in [6.45, 7) is 6.27. The first-order chi connectivity index (χ1) is 16.0. The molecular formula is C25H25N3O3S2. The summed E-state index contributed by atoms with van der Waals surface area (Å²) in [5.74, 6) is 0.000382. The van der Waals surface area contributed by atoms with Crippen molar-refractivity contribution >= 4 is 49.8 Å². The van der Waals surface area contributed by atoms with Crippen LogP contribution in [0.15, 0.2) is 36.4 Å². The number of aromatic nitrogens is 2. The van der Waals surface area contributed by atoms with E-state index >= 15 is 0 Å². The lowest BCUT2D eigenvalue weighted by atomic mass is 9.88. The van der Waals surface area contributed by atoms with E-state index in [4.69, 9.17) is 4.74 Å². The predicted octanol–water partition coefficient (Wildman–Crippen LogP) is 6.01. The summed E-state index contributed by atoms with van der Waals surface area (Å²) in [5.41, 5.74) is 3.40. The topological polar surface area (TPSA) is 73.2 Å². The molecule has 1 atom stereocenters. The third-order valence-electron chi connectivity index (χ3n) is 5.99. The van der Waals surface area contributed by atoms with Crippen LogP contribution in [0.1, 0.15) is 56.4 Å². The standard InChI is InChI=1S/C25H25N3O3S2/c1-4-31-25(30)21-17-11-10-14(2)12-19(17)32-23(21)26-22(29)20-13-18-15(3)27-28(24(18)33-20)16-8-6-5-7-9-16/h5-9,13-14H,4,10-12H2,1-3H3,(H,26,29)/t14-/m0/s1. The van der Waals surface area contributed by atoms with E-state index in [2.05, 4.69) is 17.3 Å². The van der Waals surface area contributed by atoms with Crippen molar-refractivity contribution in [1.82, 2.24) is 9.78 Å². The Morgan fingerprint density at radius 3 is 2.79 bits per heavy atom. The van der Waals surface area contributed by atoms with Crippen LogP contribution < -0.4 is 5.32 Å². The molecular weight excluding hydrogens is 454 g/mol. The number of thiophene rings is 2. The fourth-order valence-corrected chi connectivity index (χ4v) is 6.80. The molecule has 0 bridgehead atoms. The van der Waals surface area contributed by atoms with Crippen LogP contribution in [0.4, 0.5) is 5.00 Å². The van der Waals surface area contributed by atoms with Crippen molar-refractivity contribution in [1.29, 1.82) is 0 Å². The molecule has 170 valence electrons. The van der Waals surface area contributed by atoms with E-state index in [9.17, 15) is 9.59 Å². The molecule has 0 spiro atoms. The molecule has 1 N–H and O–H groups in total. The van der Waals surface area contributed by atoms with E-state index in [0.717, 1.165) is 46.4 Å². The minimum Gasteiger partial charge on any atom is -0.462 e. The number of nitrogens with one attached hydrogen (secondary N) is 1. The number of rotatable bonds is 5. The molecule has 5 rings (SSSR count). The van der Waals surface area contributed by atoms with Gasteiger partial charge in [0.15, 0.2) is 0 Å². The minimum absolute atomic E-state index is 0.215. The number of amides is 1. The van der Waals surface area contributed by atoms with E-state index in [0.29, 0.717) is 28.0 Å². The number of anilines is 1. The molecule has 1 amide bonds. The SMILES string of the molecule is CCOC(=O)c1c(NC(=O)c2cc3c(C)nn(-c4ccccc4)c3s2)sc2c1CC[C@H](C)C2. The Morgan fingerprint density at radius 1 is 1.24 bits per heavy atom. The fraction of sp³-hybridized carbons (Fsp3) is 0.320. The largest absolute Gasteiger partial charge is 0.462 e. The zero-order valence-electron chi connectivity index (χ0n) is 18.8. The number of ether oxygens (including phenoxy) is 1. The minimum atomic E-state index is -0.355. The Hall–Kier alpha value is -2.97. The number of hydrogen-bond donors (Lipinski definition) is 1. The van der Waals surface area contributed by atoms with E-state index in [1.807, 2.05) is 48.0 Å². The van der Waals surface area contributed by atoms with Crippen LogP contribution >= 0.6 is 22.7 Å². The molecule has 0 saturated heterocycles. The lowest BCUT2D eigenvalue weighted by Gasteiger charge is -2.18. The molecule has 3 aromatic heterocycles. The Kier molecular flexibility index (Phi) is 5.80. The maximum atomic E-state index is 13.3. The van der Waals surface area contributed by atoms with Crippen molar-refractivity contribution in [3.05, 3.63) is 63.0 Å². The molecule has 0 radical (unpaired) electrons. The van der Waals surface area contributed by atoms with Gasteiger partial charge in [-0.25, -0.2) is 9.48 Å². The molecule has 3 heterocycles. The lowest BCUT2D eigenvalue weighted by molar-refractivity contribution is 0.0526. The van der Waals surface area contributed by atoms with Crippen LogP contribution in [0.2, 0.25) is 0 Å². The summed E-state index contributed by atoms with van der Waals surface area (Å²) in [6, 6.07) is 11.8. The van der Waals surface area contributed by atoms with Gasteiger partial charge in [0.25, 0.3) is 5.91 Å². The number of benzene rings is 1. The van der Waals surface area contributed by atoms with Crippen molar-refractivity contribution in [2.75, 3.05) is 11.9 Å². The van der Waals surface area contributed by atoms with Gasteiger partial charge in [-0.2, -0.15) is 5.10 Å². The van der Waals surface area contributed by atoms with Crippen molar-refractivity contribution in [3.8, 4) is 5.69 Å². The van der Waals surface area contributed by atoms with Gasteiger partial charge >= 0.3 is 5.97 Å². The highest BCUT2D eigenvalue weighted by Crippen LogP contribution is 2.40. The number of carbonyl (C=O) groups is 2. The van der Waals surface area contributed by atoms with E-state index < -0.39 is 0 Å². The van der Waals surface area contributed by atoms with Crippen molar-refractivity contribution < 1.29 is 14.3 Å². The molecule has 0 aliphatic heterocycles. The van der Waals surface area contributed by atoms with Gasteiger partial charge in [0.05, 0.1) is 28.4 Å². The van der Waals surface area contributed by atoms with Crippen LogP contribution in [0.3, 0.4) is 0 Å². The Morgan fingerprint density at radius 2 is 2.03 bits per heavy atom. The fourth-order valence-electron chi connectivity index (χ4n) is 4.33. The van der Waals surface area contributed by atoms with E-state index in [1.165, 1.54) is 27.6 Å². The first-order valence-electron chi connectivity index (χ1n) is 11.1. The monoisotopic (exact) mass is 479 g/mol. The van der Waals surface area contributed by atoms with E-state index in [1.54, 1.807) is 6.92 Å². The quantitative estimate of drug-likeness (QED) is 0.356. The maximum Gasteiger partial charge on any atom is 0.341 e. The maximum absolute atomic E-state index is 13.3. The van der Waals surface area contributed by atoms with Crippen molar-refractivity contribution in [2.24, 2.45) is 5.92 Å². The summed E-state index contributed by atoms with van der Waals surface area (Å²) in [5, 5.41) is 9.23. The molecule has 0 saturated carbocycles. The van der Waals surface area contributed by atoms with Crippen LogP contribution in [0.25, 0.3) is 15.9 Å². The third kappa shape index (κ3) is 3.98. The summed E-state index contributed by atoms with van der Waals surface area (Å²) >= 11 is 2.91. The van der Waals surface area contributed by atoms with Gasteiger partial charge < -0.3 is 10.1 Å². The van der Waals surface area contributed by atoms with Crippen LogP contribution in [-0.2, 0) is 17.6 Å². The highest BCUT2D eigenvalue weighted by molar-refractivity contribution is 7.21. The molecule has 6 nitrogen and oxygen atoms in total. The third-order valence-corrected chi connectivity index (χ3v) is 8.27. The molecule has 1 aromatic carbocycles. The Bertz CT molecular complexity index is 1350. The van der Waals surface area contributed by atoms with Gasteiger partial charge in [-0.15, -0.1) is 22.7 Å². The van der Waals surface area contributed by atoms with Gasteiger partial charge in [0.1, 0.15) is 9.83 Å². The van der Waals surface area contributed by atoms with Gasteiger partial charge in [-0.3, -0.25) is 4.79 Å². The van der Waals surface area contributed by atoms with Crippen molar-refractivity contribution in [3.63, 3.8) is 0 Å². The number of esters is 1. The first kappa shape index (κ1) is 21.9. The number of carbonyl (C=O) groups excluding carboxylic acids is 2. The van der Waals surface area contributed by atoms with Gasteiger partial charge in [-0.05, 0) is 62.8 Å². The zero-order valence-corrected chi connectivity index (χ0v) is 20.4. The van der Waals surface area contributed by atoms with Crippen LogP contribution in [-0.4, -0.2) is 28.3 Å². The molecule has 4 aromatic rings. The van der Waals surface area contributed by atoms with Gasteiger partial charge in [0.2, 0.25) is 0 Å². The van der Waals surface area contributed by atoms with Crippen LogP contribution in [0, 0.1) is 12.8 Å². The summed E-state index contributed by atoms with van der Waals surface area (Å²) in [4.78, 5) is 28.7. The van der Waals surface area contributed by atoms with Gasteiger partial charge in [-0.1, -0.05) is 25.1 Å². The highest BCUT2D eigenvalue weighted by Gasteiger charge is 2.29. The van der Waals surface area contributed by atoms with E-state index in [-0.39, 0.29) is 11.9 Å². The zero-order chi connectivity index (χ0) is 23.1. The number of para-hydroxylation sites is 1. The second-order valence-electron chi connectivity index (χ2n) is 8.39. The summed E-state index contributed by atoms with van der Waals surface area (Å²) in [7, 11) is 0. The molecule has 1 aliphatic rings. The number of nitrogens with zero attached hydrogens (tertiary/aromatic N) is 2. The predicted molar refractivity (Wildman–Crippen MR) is 133 cm³/mol. The van der Waals surface area contributed by atoms with Gasteiger partial charge in [0, 0.05) is 10.3 Å². The molecule has 1 aliphatic carbocycles. The summed E-state index contributed by atoms with van der Waals surface area (Å²) in [6.07, 6.45) is 2.80. The molecule has 0 fully saturated rings. The average molecular weight is 480 g/mol. The lowest BCUT2D eigenvalue weighted by Crippen LogP contribution is -2.16. The average Bonchev–Trinajstić information content (AvgIpc) is 3.47. The number of hydrogen-bond acceptors (Lipinski definition) is 6. The highest BCUT2D eigenvalue weighted by atomic mass is 32.1.